The van der Waals surface area contributed by atoms with Crippen molar-refractivity contribution >= 4 is 26.5 Å². The van der Waals surface area contributed by atoms with Gasteiger partial charge in [0.1, 0.15) is 10.7 Å². The van der Waals surface area contributed by atoms with Crippen LogP contribution in [0.25, 0.3) is 4.91 Å². The van der Waals surface area contributed by atoms with E-state index in [0.29, 0.717) is 17.0 Å². The van der Waals surface area contributed by atoms with Crippen molar-refractivity contribution in [1.82, 2.24) is 0 Å². The molecule has 0 unspecified atom stereocenters. The van der Waals surface area contributed by atoms with E-state index in [9.17, 15) is 8.42 Å². The summed E-state index contributed by atoms with van der Waals surface area (Å²) < 4.78 is 29.2. The molecule has 2 aromatic rings. The topological polar surface area (TPSA) is 58.5 Å². The van der Waals surface area contributed by atoms with Gasteiger partial charge >= 0.3 is 0 Å². The Labute approximate surface area is 149 Å². The molecule has 25 heavy (non-hydrogen) atoms. The zero-order chi connectivity index (χ0) is 18.4. The van der Waals surface area contributed by atoms with Crippen LogP contribution in [-0.4, -0.2) is 14.3 Å². The molecule has 0 amide bonds. The third kappa shape index (κ3) is 3.24. The second-order valence-corrected chi connectivity index (χ2v) is 8.13. The first-order chi connectivity index (χ1) is 11.7. The molecular weight excluding hydrogens is 332 g/mol. The molecule has 0 spiro atoms. The van der Waals surface area contributed by atoms with E-state index >= 15 is 0 Å². The van der Waals surface area contributed by atoms with Gasteiger partial charge in [0.05, 0.1) is 0 Å². The molecular formula is C20H22N2O2S. The van der Waals surface area contributed by atoms with E-state index in [0.717, 1.165) is 22.4 Å². The summed E-state index contributed by atoms with van der Waals surface area (Å²) in [6.07, 6.45) is 0. The molecule has 0 fully saturated rings. The van der Waals surface area contributed by atoms with Gasteiger partial charge in [0, 0.05) is 11.3 Å². The van der Waals surface area contributed by atoms with E-state index < -0.39 is 10.0 Å². The lowest BCUT2D eigenvalue weighted by molar-refractivity contribution is 0.608. The number of hydrogen-bond donors (Lipinski definition) is 1. The van der Waals surface area contributed by atoms with Crippen molar-refractivity contribution in [3.05, 3.63) is 69.8 Å². The highest BCUT2D eigenvalue weighted by Crippen LogP contribution is 2.33. The molecule has 0 saturated heterocycles. The fourth-order valence-electron chi connectivity index (χ4n) is 2.86. The van der Waals surface area contributed by atoms with Crippen LogP contribution in [0.2, 0.25) is 0 Å². The minimum atomic E-state index is -3.70. The number of nitrogens with one attached hydrogen (secondary N) is 1. The van der Waals surface area contributed by atoms with Crippen LogP contribution in [-0.2, 0) is 10.0 Å². The third-order valence-electron chi connectivity index (χ3n) is 4.70. The SMILES string of the molecule is CC1=C(c2ccc(C)c(C)c2)S(=O)(=O)N=C1Nc1ccc(C)c(C)c1. The number of sulfonamides is 1. The van der Waals surface area contributed by atoms with Crippen molar-refractivity contribution in [2.24, 2.45) is 4.40 Å². The molecule has 130 valence electrons. The Bertz CT molecular complexity index is 1030. The van der Waals surface area contributed by atoms with E-state index in [4.69, 9.17) is 0 Å². The van der Waals surface area contributed by atoms with Crippen LogP contribution in [0.5, 0.6) is 0 Å². The van der Waals surface area contributed by atoms with Crippen molar-refractivity contribution in [2.75, 3.05) is 5.32 Å². The van der Waals surface area contributed by atoms with Gasteiger partial charge in [-0.25, -0.2) is 0 Å². The monoisotopic (exact) mass is 354 g/mol. The number of benzene rings is 2. The molecule has 1 aliphatic rings. The standard InChI is InChI=1S/C20H22N2O2S/c1-12-6-8-17(10-14(12)3)19-16(5)20(22-25(19,23)24)21-18-9-7-13(2)15(4)11-18/h6-11H,1-5H3,(H,21,22). The van der Waals surface area contributed by atoms with Gasteiger partial charge in [0.2, 0.25) is 0 Å². The third-order valence-corrected chi connectivity index (χ3v) is 6.18. The van der Waals surface area contributed by atoms with Gasteiger partial charge in [-0.1, -0.05) is 24.3 Å². The first kappa shape index (κ1) is 17.4. The molecule has 5 heteroatoms. The number of rotatable bonds is 2. The van der Waals surface area contributed by atoms with E-state index in [1.165, 1.54) is 5.56 Å². The molecule has 0 aliphatic carbocycles. The predicted octanol–water partition coefficient (Wildman–Crippen LogP) is 4.51. The summed E-state index contributed by atoms with van der Waals surface area (Å²) in [6.45, 7) is 9.84. The Hall–Kier alpha value is -2.40. The van der Waals surface area contributed by atoms with E-state index in [2.05, 4.69) is 9.71 Å². The van der Waals surface area contributed by atoms with E-state index in [-0.39, 0.29) is 4.91 Å². The lowest BCUT2D eigenvalue weighted by atomic mass is 10.0. The minimum absolute atomic E-state index is 0.280. The van der Waals surface area contributed by atoms with Crippen molar-refractivity contribution in [3.8, 4) is 0 Å². The number of aryl methyl sites for hydroxylation is 4. The summed E-state index contributed by atoms with van der Waals surface area (Å²) in [7, 11) is -3.70. The van der Waals surface area contributed by atoms with Crippen LogP contribution < -0.4 is 5.32 Å². The molecule has 1 aliphatic heterocycles. The predicted molar refractivity (Wildman–Crippen MR) is 104 cm³/mol. The average molecular weight is 354 g/mol. The maximum atomic E-state index is 12.6. The van der Waals surface area contributed by atoms with Crippen LogP contribution in [0.1, 0.15) is 34.7 Å². The highest BCUT2D eigenvalue weighted by atomic mass is 32.2. The zero-order valence-electron chi connectivity index (χ0n) is 15.1. The fraction of sp³-hybridized carbons (Fsp3) is 0.250. The summed E-state index contributed by atoms with van der Waals surface area (Å²) >= 11 is 0. The number of nitrogens with zero attached hydrogens (tertiary/aromatic N) is 1. The molecule has 2 aromatic carbocycles. The Morgan fingerprint density at radius 2 is 1.40 bits per heavy atom. The first-order valence-electron chi connectivity index (χ1n) is 8.17. The van der Waals surface area contributed by atoms with Crippen LogP contribution >= 0.6 is 0 Å². The average Bonchev–Trinajstić information content (AvgIpc) is 2.75. The largest absolute Gasteiger partial charge is 0.339 e. The zero-order valence-corrected chi connectivity index (χ0v) is 16.0. The van der Waals surface area contributed by atoms with Gasteiger partial charge in [-0.15, -0.1) is 4.40 Å². The van der Waals surface area contributed by atoms with Crippen LogP contribution in [0.3, 0.4) is 0 Å². The normalized spacial score (nSPS) is 16.1. The molecule has 0 saturated carbocycles. The minimum Gasteiger partial charge on any atom is -0.339 e. The number of hydrogen-bond acceptors (Lipinski definition) is 3. The quantitative estimate of drug-likeness (QED) is 0.863. The molecule has 0 atom stereocenters. The lowest BCUT2D eigenvalue weighted by Crippen LogP contribution is -2.11. The maximum Gasteiger partial charge on any atom is 0.285 e. The summed E-state index contributed by atoms with van der Waals surface area (Å²) in [6, 6.07) is 11.6. The van der Waals surface area contributed by atoms with Gasteiger partial charge in [-0.3, -0.25) is 0 Å². The molecule has 3 rings (SSSR count). The van der Waals surface area contributed by atoms with E-state index in [1.54, 1.807) is 6.92 Å². The van der Waals surface area contributed by atoms with Crippen molar-refractivity contribution in [1.29, 1.82) is 0 Å². The lowest BCUT2D eigenvalue weighted by Gasteiger charge is -2.09. The Morgan fingerprint density at radius 1 is 0.800 bits per heavy atom. The smallest absolute Gasteiger partial charge is 0.285 e. The van der Waals surface area contributed by atoms with Crippen molar-refractivity contribution < 1.29 is 8.42 Å². The molecule has 4 nitrogen and oxygen atoms in total. The van der Waals surface area contributed by atoms with Gasteiger partial charge in [0.25, 0.3) is 10.0 Å². The Morgan fingerprint density at radius 3 is 2.00 bits per heavy atom. The van der Waals surface area contributed by atoms with Crippen LogP contribution in [0.4, 0.5) is 5.69 Å². The van der Waals surface area contributed by atoms with Gasteiger partial charge < -0.3 is 5.32 Å². The summed E-state index contributed by atoms with van der Waals surface area (Å²) in [5.41, 5.74) is 6.67. The van der Waals surface area contributed by atoms with Crippen molar-refractivity contribution in [3.63, 3.8) is 0 Å². The summed E-state index contributed by atoms with van der Waals surface area (Å²) in [5, 5.41) is 3.15. The summed E-state index contributed by atoms with van der Waals surface area (Å²) in [5.74, 6) is 0.386. The maximum absolute atomic E-state index is 12.6. The van der Waals surface area contributed by atoms with Crippen LogP contribution in [0.15, 0.2) is 46.4 Å². The highest BCUT2D eigenvalue weighted by molar-refractivity contribution is 8.00. The fourth-order valence-corrected chi connectivity index (χ4v) is 4.28. The summed E-state index contributed by atoms with van der Waals surface area (Å²) in [4.78, 5) is 0.280. The Balaban J connectivity index is 2.03. The van der Waals surface area contributed by atoms with Gasteiger partial charge in [0.15, 0.2) is 0 Å². The Kier molecular flexibility index (Phi) is 4.29. The first-order valence-corrected chi connectivity index (χ1v) is 9.61. The van der Waals surface area contributed by atoms with E-state index in [1.807, 2.05) is 64.1 Å². The number of amidine groups is 1. The number of anilines is 1. The molecule has 0 bridgehead atoms. The second kappa shape index (κ2) is 6.15. The van der Waals surface area contributed by atoms with Crippen molar-refractivity contribution in [2.45, 2.75) is 34.6 Å². The van der Waals surface area contributed by atoms with Crippen LogP contribution in [0, 0.1) is 27.7 Å². The second-order valence-electron chi connectivity index (χ2n) is 6.59. The molecule has 0 radical (unpaired) electrons. The van der Waals surface area contributed by atoms with Gasteiger partial charge in [-0.05, 0) is 74.6 Å². The molecule has 1 N–H and O–H groups in total. The molecule has 1 heterocycles. The highest BCUT2D eigenvalue weighted by Gasteiger charge is 2.31. The molecule has 0 aromatic heterocycles. The van der Waals surface area contributed by atoms with Gasteiger partial charge in [-0.2, -0.15) is 8.42 Å².